The van der Waals surface area contributed by atoms with Gasteiger partial charge in [0.15, 0.2) is 0 Å². The molecule has 2 aromatic heterocycles. The Kier molecular flexibility index (Phi) is 11.7. The van der Waals surface area contributed by atoms with Gasteiger partial charge in [-0.25, -0.2) is 19.6 Å². The lowest BCUT2D eigenvalue weighted by Gasteiger charge is -2.30. The van der Waals surface area contributed by atoms with Crippen LogP contribution in [0.2, 0.25) is 0 Å². The highest BCUT2D eigenvalue weighted by molar-refractivity contribution is 5.91. The fourth-order valence-electron chi connectivity index (χ4n) is 8.59. The Morgan fingerprint density at radius 3 is 1.80 bits per heavy atom. The number of amides is 4. The van der Waals surface area contributed by atoms with E-state index in [0.717, 1.165) is 75.9 Å². The van der Waals surface area contributed by atoms with Gasteiger partial charge in [-0.3, -0.25) is 9.59 Å². The Balaban J connectivity index is 0.957. The molecule has 14 heteroatoms. The second-order valence-corrected chi connectivity index (χ2v) is 17.0. The normalized spacial score (nSPS) is 18.7. The Bertz CT molecular complexity index is 2470. The molecule has 61 heavy (non-hydrogen) atoms. The minimum Gasteiger partial charge on any atom is -0.453 e. The predicted molar refractivity (Wildman–Crippen MR) is 232 cm³/mol. The van der Waals surface area contributed by atoms with Gasteiger partial charge in [0.1, 0.15) is 29.8 Å². The number of rotatable bonds is 12. The third kappa shape index (κ3) is 8.61. The number of aromatic amines is 2. The molecule has 8 rings (SSSR count). The summed E-state index contributed by atoms with van der Waals surface area (Å²) < 4.78 is 9.59. The van der Waals surface area contributed by atoms with Gasteiger partial charge in [0.25, 0.3) is 0 Å². The van der Waals surface area contributed by atoms with Crippen LogP contribution in [0.5, 0.6) is 0 Å². The first-order chi connectivity index (χ1) is 29.4. The zero-order valence-corrected chi connectivity index (χ0v) is 35.5. The number of aromatic nitrogens is 4. The molecular formula is C47H54N8O6. The van der Waals surface area contributed by atoms with Crippen molar-refractivity contribution in [2.45, 2.75) is 77.5 Å². The van der Waals surface area contributed by atoms with Gasteiger partial charge in [-0.05, 0) is 88.6 Å². The van der Waals surface area contributed by atoms with Crippen molar-refractivity contribution in [3.8, 4) is 33.6 Å². The highest BCUT2D eigenvalue weighted by Gasteiger charge is 2.41. The number of methoxy groups -OCH3 is 2. The summed E-state index contributed by atoms with van der Waals surface area (Å²) in [5.74, 6) is 1.38. The van der Waals surface area contributed by atoms with Crippen molar-refractivity contribution in [2.24, 2.45) is 17.8 Å². The molecule has 1 saturated heterocycles. The van der Waals surface area contributed by atoms with Crippen molar-refractivity contribution in [1.29, 1.82) is 0 Å². The monoisotopic (exact) mass is 826 g/mol. The van der Waals surface area contributed by atoms with Crippen molar-refractivity contribution in [1.82, 2.24) is 40.4 Å². The molecule has 2 fully saturated rings. The fourth-order valence-corrected chi connectivity index (χ4v) is 8.59. The molecule has 0 bridgehead atoms. The molecule has 14 nitrogen and oxygen atoms in total. The molecule has 3 aliphatic rings. The van der Waals surface area contributed by atoms with E-state index in [9.17, 15) is 19.2 Å². The van der Waals surface area contributed by atoms with E-state index in [0.29, 0.717) is 24.8 Å². The number of likely N-dealkylation sites (tertiary alicyclic amines) is 1. The van der Waals surface area contributed by atoms with E-state index in [2.05, 4.69) is 87.3 Å². The van der Waals surface area contributed by atoms with Crippen LogP contribution < -0.4 is 10.6 Å². The second kappa shape index (κ2) is 17.3. The third-order valence-electron chi connectivity index (χ3n) is 12.2. The number of H-pyrrole nitrogens is 2. The van der Waals surface area contributed by atoms with Crippen LogP contribution in [0.1, 0.15) is 77.1 Å². The molecule has 4 N–H and O–H groups in total. The average molecular weight is 827 g/mol. The minimum absolute atomic E-state index is 0.107. The summed E-state index contributed by atoms with van der Waals surface area (Å²) >= 11 is 0. The first-order valence-corrected chi connectivity index (χ1v) is 21.2. The second-order valence-electron chi connectivity index (χ2n) is 17.0. The minimum atomic E-state index is -0.720. The summed E-state index contributed by atoms with van der Waals surface area (Å²) in [6.07, 6.45) is 8.43. The predicted octanol–water partition coefficient (Wildman–Crippen LogP) is 7.93. The fraction of sp³-hybridized carbons (Fsp3) is 0.404. The number of nitrogens with one attached hydrogen (secondary N) is 4. The van der Waals surface area contributed by atoms with Crippen LogP contribution in [0.4, 0.5) is 9.59 Å². The van der Waals surface area contributed by atoms with Crippen LogP contribution >= 0.6 is 0 Å². The number of hydrogen-bond acceptors (Lipinski definition) is 8. The highest BCUT2D eigenvalue weighted by atomic mass is 16.5. The highest BCUT2D eigenvalue weighted by Crippen LogP contribution is 2.43. The summed E-state index contributed by atoms with van der Waals surface area (Å²) in [6.45, 7) is 8.75. The largest absolute Gasteiger partial charge is 0.453 e. The molecule has 0 radical (unpaired) electrons. The number of hydrogen-bond donors (Lipinski definition) is 4. The van der Waals surface area contributed by atoms with E-state index < -0.39 is 24.3 Å². The van der Waals surface area contributed by atoms with Gasteiger partial charge in [0.05, 0.1) is 44.0 Å². The van der Waals surface area contributed by atoms with Gasteiger partial charge in [0, 0.05) is 18.7 Å². The Labute approximate surface area is 355 Å². The lowest BCUT2D eigenvalue weighted by Crippen LogP contribution is -2.51. The first-order valence-electron chi connectivity index (χ1n) is 21.2. The van der Waals surface area contributed by atoms with Crippen molar-refractivity contribution in [3.05, 3.63) is 96.4 Å². The zero-order valence-electron chi connectivity index (χ0n) is 35.5. The number of alkyl carbamates (subject to hydrolysis) is 2. The molecule has 3 aromatic carbocycles. The number of nitrogens with zero attached hydrogens (tertiary/aromatic N) is 4. The molecule has 5 aromatic rings. The van der Waals surface area contributed by atoms with Crippen molar-refractivity contribution < 1.29 is 28.7 Å². The molecule has 318 valence electrons. The van der Waals surface area contributed by atoms with Crippen molar-refractivity contribution in [3.63, 3.8) is 0 Å². The van der Waals surface area contributed by atoms with Crippen LogP contribution in [0.3, 0.4) is 0 Å². The zero-order chi connectivity index (χ0) is 42.9. The van der Waals surface area contributed by atoms with Gasteiger partial charge >= 0.3 is 12.2 Å². The lowest BCUT2D eigenvalue weighted by atomic mass is 9.98. The molecule has 1 aliphatic carbocycles. The molecule has 0 spiro atoms. The SMILES string of the molecule is COC(=O)N[C@H](C(=O)N1CC(C2CC2)=CC1c1ncc(-c2ccc(-c3ccc4cc(-c5cnc([C@@H]6CCCN6C(=O)[C@@H](NC(=O)OC)C(C)C)[nH]5)ccc4c3)cc2)[nH]1)C(C)C. The van der Waals surface area contributed by atoms with E-state index in [-0.39, 0.29) is 35.7 Å². The molecule has 1 unspecified atom stereocenters. The smallest absolute Gasteiger partial charge is 0.407 e. The molecular weight excluding hydrogens is 773 g/mol. The summed E-state index contributed by atoms with van der Waals surface area (Å²) in [4.78, 5) is 71.7. The maximum atomic E-state index is 13.9. The van der Waals surface area contributed by atoms with Gasteiger partial charge < -0.3 is 39.9 Å². The molecule has 4 amide bonds. The van der Waals surface area contributed by atoms with Crippen molar-refractivity contribution >= 4 is 34.8 Å². The number of ether oxygens (including phenoxy) is 2. The number of fused-ring (bicyclic) bond motifs is 1. The van der Waals surface area contributed by atoms with E-state index in [1.54, 1.807) is 0 Å². The standard InChI is InChI=1S/C47H54N8O6/c1-26(2)40(52-46(58)60-5)44(56)54-19-7-8-38(54)42-48-24-37(51-42)34-18-17-32-20-31(15-16-33(32)21-34)28-11-13-30(14-12-28)36-23-49-43(50-36)39-22-35(29-9-10-29)25-55(39)45(57)41(27(3)4)53-47(59)61-6/h11-18,20-24,26-27,29,38-41H,7-10,19,25H2,1-6H3,(H,48,51)(H,49,50)(H,52,58)(H,53,59)/t38-,39?,40-,41-/m0/s1. The average Bonchev–Trinajstić information content (AvgIpc) is 3.70. The molecule has 2 aliphatic heterocycles. The van der Waals surface area contributed by atoms with Crippen molar-refractivity contribution in [2.75, 3.05) is 27.3 Å². The summed E-state index contributed by atoms with van der Waals surface area (Å²) in [5, 5.41) is 7.63. The van der Waals surface area contributed by atoms with E-state index >= 15 is 0 Å². The lowest BCUT2D eigenvalue weighted by molar-refractivity contribution is -0.136. The maximum Gasteiger partial charge on any atom is 0.407 e. The number of carbonyl (C=O) groups is 4. The number of imidazole rings is 2. The third-order valence-corrected chi connectivity index (χ3v) is 12.2. The van der Waals surface area contributed by atoms with Gasteiger partial charge in [-0.1, -0.05) is 82.3 Å². The summed E-state index contributed by atoms with van der Waals surface area (Å²) in [6, 6.07) is 19.1. The topological polar surface area (TPSA) is 175 Å². The molecule has 4 heterocycles. The van der Waals surface area contributed by atoms with Crippen LogP contribution in [-0.4, -0.2) is 93.1 Å². The Morgan fingerprint density at radius 1 is 0.672 bits per heavy atom. The van der Waals surface area contributed by atoms with E-state index in [4.69, 9.17) is 19.4 Å². The molecule has 1 saturated carbocycles. The molecule has 4 atom stereocenters. The van der Waals surface area contributed by atoms with E-state index in [1.165, 1.54) is 19.8 Å². The first kappa shape index (κ1) is 41.3. The van der Waals surface area contributed by atoms with Gasteiger partial charge in [-0.2, -0.15) is 0 Å². The van der Waals surface area contributed by atoms with Crippen LogP contribution in [0, 0.1) is 17.8 Å². The Hall–Kier alpha value is -6.44. The van der Waals surface area contributed by atoms with Gasteiger partial charge in [0.2, 0.25) is 11.8 Å². The van der Waals surface area contributed by atoms with Crippen LogP contribution in [0.15, 0.2) is 84.7 Å². The van der Waals surface area contributed by atoms with Gasteiger partial charge in [-0.15, -0.1) is 0 Å². The van der Waals surface area contributed by atoms with Crippen LogP contribution in [-0.2, 0) is 19.1 Å². The quantitative estimate of drug-likeness (QED) is 0.0918. The van der Waals surface area contributed by atoms with Crippen LogP contribution in [0.25, 0.3) is 44.4 Å². The summed E-state index contributed by atoms with van der Waals surface area (Å²) in [5.41, 5.74) is 7.10. The maximum absolute atomic E-state index is 13.9. The Morgan fingerprint density at radius 2 is 1.20 bits per heavy atom. The number of carbonyl (C=O) groups excluding carboxylic acids is 4. The number of benzene rings is 3. The van der Waals surface area contributed by atoms with E-state index in [1.807, 2.05) is 49.9 Å². The summed E-state index contributed by atoms with van der Waals surface area (Å²) in [7, 11) is 2.59.